The van der Waals surface area contributed by atoms with Crippen LogP contribution in [0.4, 0.5) is 0 Å². The lowest BCUT2D eigenvalue weighted by Gasteiger charge is -1.99. The molecule has 0 saturated carbocycles. The van der Waals surface area contributed by atoms with Crippen LogP contribution in [0, 0.1) is 0 Å². The molecule has 2 nitrogen and oxygen atoms in total. The van der Waals surface area contributed by atoms with Crippen LogP contribution in [0.1, 0.15) is 13.3 Å². The van der Waals surface area contributed by atoms with E-state index < -0.39 is 0 Å². The lowest BCUT2D eigenvalue weighted by molar-refractivity contribution is -0.684. The standard InChI is InChI=1S/C12H13ClN2/c1-2-8-15-9-7-14-12(15)10-3-5-11(13)6-4-10/h3-7,9H,2,8H2,1H3/p+1. The molecule has 1 aromatic carbocycles. The Hall–Kier alpha value is -1.28. The van der Waals surface area contributed by atoms with Gasteiger partial charge in [0.25, 0.3) is 5.82 Å². The Labute approximate surface area is 94.5 Å². The fourth-order valence-electron chi connectivity index (χ4n) is 1.65. The first-order chi connectivity index (χ1) is 7.31. The summed E-state index contributed by atoms with van der Waals surface area (Å²) < 4.78 is 2.21. The van der Waals surface area contributed by atoms with E-state index in [0.717, 1.165) is 29.4 Å². The van der Waals surface area contributed by atoms with Gasteiger partial charge in [0.15, 0.2) is 0 Å². The number of hydrogen-bond donors (Lipinski definition) is 1. The second-order valence-corrected chi connectivity index (χ2v) is 3.95. The van der Waals surface area contributed by atoms with E-state index in [-0.39, 0.29) is 0 Å². The largest absolute Gasteiger partial charge is 0.286 e. The molecule has 3 heteroatoms. The lowest BCUT2D eigenvalue weighted by atomic mass is 10.2. The predicted octanol–water partition coefficient (Wildman–Crippen LogP) is 3.03. The van der Waals surface area contributed by atoms with Gasteiger partial charge in [0, 0.05) is 5.02 Å². The highest BCUT2D eigenvalue weighted by Crippen LogP contribution is 2.16. The molecule has 0 bridgehead atoms. The Morgan fingerprint density at radius 3 is 2.67 bits per heavy atom. The first-order valence-electron chi connectivity index (χ1n) is 5.14. The lowest BCUT2D eigenvalue weighted by Crippen LogP contribution is -2.33. The first-order valence-corrected chi connectivity index (χ1v) is 5.52. The number of rotatable bonds is 3. The third kappa shape index (κ3) is 2.21. The van der Waals surface area contributed by atoms with Crippen LogP contribution in [0.3, 0.4) is 0 Å². The number of imidazole rings is 1. The zero-order chi connectivity index (χ0) is 10.7. The van der Waals surface area contributed by atoms with Crippen molar-refractivity contribution in [3.63, 3.8) is 0 Å². The summed E-state index contributed by atoms with van der Waals surface area (Å²) in [5, 5.41) is 0.771. The second-order valence-electron chi connectivity index (χ2n) is 3.51. The van der Waals surface area contributed by atoms with Crippen LogP contribution in [-0.4, -0.2) is 4.98 Å². The summed E-state index contributed by atoms with van der Waals surface area (Å²) in [7, 11) is 0. The smallest absolute Gasteiger partial charge is 0.243 e. The van der Waals surface area contributed by atoms with Gasteiger partial charge in [-0.25, -0.2) is 9.55 Å². The summed E-state index contributed by atoms with van der Waals surface area (Å²) in [6.07, 6.45) is 5.15. The highest BCUT2D eigenvalue weighted by Gasteiger charge is 2.11. The third-order valence-electron chi connectivity index (χ3n) is 2.34. The number of halogens is 1. The van der Waals surface area contributed by atoms with Crippen molar-refractivity contribution in [1.29, 1.82) is 0 Å². The molecule has 1 aromatic heterocycles. The minimum absolute atomic E-state index is 0.771. The Kier molecular flexibility index (Phi) is 3.07. The van der Waals surface area contributed by atoms with E-state index in [9.17, 15) is 0 Å². The molecular formula is C12H14ClN2+. The summed E-state index contributed by atoms with van der Waals surface area (Å²) in [5.74, 6) is 1.13. The molecule has 0 aliphatic heterocycles. The molecule has 0 radical (unpaired) electrons. The van der Waals surface area contributed by atoms with Gasteiger partial charge in [-0.3, -0.25) is 0 Å². The fraction of sp³-hybridized carbons (Fsp3) is 0.250. The molecule has 0 fully saturated rings. The van der Waals surface area contributed by atoms with Gasteiger partial charge in [0.2, 0.25) is 0 Å². The molecule has 1 N–H and O–H groups in total. The topological polar surface area (TPSA) is 19.7 Å². The molecule has 15 heavy (non-hydrogen) atoms. The maximum atomic E-state index is 5.86. The van der Waals surface area contributed by atoms with Crippen molar-refractivity contribution in [2.75, 3.05) is 0 Å². The third-order valence-corrected chi connectivity index (χ3v) is 2.60. The van der Waals surface area contributed by atoms with Gasteiger partial charge in [-0.15, -0.1) is 0 Å². The van der Waals surface area contributed by atoms with Gasteiger partial charge in [-0.05, 0) is 30.7 Å². The zero-order valence-corrected chi connectivity index (χ0v) is 9.46. The number of nitrogens with one attached hydrogen (secondary N) is 1. The number of aryl methyl sites for hydroxylation is 1. The van der Waals surface area contributed by atoms with Crippen molar-refractivity contribution in [3.8, 4) is 11.4 Å². The maximum absolute atomic E-state index is 5.86. The van der Waals surface area contributed by atoms with E-state index in [0.29, 0.717) is 0 Å². The van der Waals surface area contributed by atoms with E-state index in [1.54, 1.807) is 0 Å². The van der Waals surface area contributed by atoms with Crippen molar-refractivity contribution < 1.29 is 4.57 Å². The Bertz CT molecular complexity index is 431. The molecule has 0 aliphatic rings. The average Bonchev–Trinajstić information content (AvgIpc) is 2.68. The van der Waals surface area contributed by atoms with E-state index in [4.69, 9.17) is 11.6 Å². The van der Waals surface area contributed by atoms with Gasteiger partial charge >= 0.3 is 0 Å². The van der Waals surface area contributed by atoms with Gasteiger partial charge in [0.1, 0.15) is 12.4 Å². The van der Waals surface area contributed by atoms with Gasteiger partial charge in [-0.2, -0.15) is 0 Å². The Balaban J connectivity index is 2.36. The molecule has 78 valence electrons. The van der Waals surface area contributed by atoms with E-state index in [1.165, 1.54) is 0 Å². The van der Waals surface area contributed by atoms with Crippen molar-refractivity contribution in [2.45, 2.75) is 19.9 Å². The maximum Gasteiger partial charge on any atom is 0.286 e. The molecule has 0 unspecified atom stereocenters. The molecule has 0 saturated heterocycles. The summed E-state index contributed by atoms with van der Waals surface area (Å²) in [6.45, 7) is 3.20. The van der Waals surface area contributed by atoms with Crippen molar-refractivity contribution in [1.82, 2.24) is 4.98 Å². The van der Waals surface area contributed by atoms with Crippen LogP contribution in [0.5, 0.6) is 0 Å². The first kappa shape index (κ1) is 10.2. The summed E-state index contributed by atoms with van der Waals surface area (Å²) in [4.78, 5) is 3.25. The average molecular weight is 222 g/mol. The molecule has 0 amide bonds. The summed E-state index contributed by atoms with van der Waals surface area (Å²) in [6, 6.07) is 7.88. The number of benzene rings is 1. The molecule has 2 rings (SSSR count). The predicted molar refractivity (Wildman–Crippen MR) is 61.7 cm³/mol. The van der Waals surface area contributed by atoms with E-state index >= 15 is 0 Å². The highest BCUT2D eigenvalue weighted by atomic mass is 35.5. The van der Waals surface area contributed by atoms with Gasteiger partial charge < -0.3 is 0 Å². The number of hydrogen-bond acceptors (Lipinski definition) is 0. The van der Waals surface area contributed by atoms with Crippen LogP contribution in [0.2, 0.25) is 5.02 Å². The van der Waals surface area contributed by atoms with Crippen LogP contribution in [0.25, 0.3) is 11.4 Å². The highest BCUT2D eigenvalue weighted by molar-refractivity contribution is 6.30. The molecule has 0 atom stereocenters. The minimum Gasteiger partial charge on any atom is -0.243 e. The van der Waals surface area contributed by atoms with E-state index in [1.807, 2.05) is 30.5 Å². The quantitative estimate of drug-likeness (QED) is 0.769. The van der Waals surface area contributed by atoms with Crippen LogP contribution >= 0.6 is 11.6 Å². The normalized spacial score (nSPS) is 10.5. The van der Waals surface area contributed by atoms with Crippen LogP contribution in [0.15, 0.2) is 36.7 Å². The van der Waals surface area contributed by atoms with Gasteiger partial charge in [-0.1, -0.05) is 18.5 Å². The van der Waals surface area contributed by atoms with Crippen molar-refractivity contribution >= 4 is 11.6 Å². The fourth-order valence-corrected chi connectivity index (χ4v) is 1.77. The molecular weight excluding hydrogens is 208 g/mol. The van der Waals surface area contributed by atoms with Gasteiger partial charge in [0.05, 0.1) is 12.1 Å². The second kappa shape index (κ2) is 4.49. The Morgan fingerprint density at radius 2 is 2.00 bits per heavy atom. The number of nitrogens with zero attached hydrogens (tertiary/aromatic N) is 1. The van der Waals surface area contributed by atoms with Crippen molar-refractivity contribution in [3.05, 3.63) is 41.7 Å². The molecule has 0 spiro atoms. The number of H-pyrrole nitrogens is 1. The number of aromatic nitrogens is 2. The monoisotopic (exact) mass is 221 g/mol. The van der Waals surface area contributed by atoms with Crippen molar-refractivity contribution in [2.24, 2.45) is 0 Å². The summed E-state index contributed by atoms with van der Waals surface area (Å²) >= 11 is 5.86. The SMILES string of the molecule is CCC[n+]1cc[nH]c1-c1ccc(Cl)cc1. The molecule has 1 heterocycles. The van der Waals surface area contributed by atoms with Crippen LogP contribution < -0.4 is 4.57 Å². The summed E-state index contributed by atoms with van der Waals surface area (Å²) in [5.41, 5.74) is 1.16. The Morgan fingerprint density at radius 1 is 1.27 bits per heavy atom. The van der Waals surface area contributed by atoms with Crippen LogP contribution in [-0.2, 0) is 6.54 Å². The zero-order valence-electron chi connectivity index (χ0n) is 8.70. The minimum atomic E-state index is 0.771. The number of aromatic amines is 1. The van der Waals surface area contributed by atoms with E-state index in [2.05, 4.69) is 22.7 Å². The molecule has 0 aliphatic carbocycles. The molecule has 2 aromatic rings.